The molecule has 4 nitrogen and oxygen atoms in total. The van der Waals surface area contributed by atoms with Gasteiger partial charge in [0.25, 0.3) is 5.91 Å². The number of aryl methyl sites for hydroxylation is 2. The van der Waals surface area contributed by atoms with Gasteiger partial charge in [-0.1, -0.05) is 37.3 Å². The molecule has 0 aliphatic carbocycles. The van der Waals surface area contributed by atoms with Gasteiger partial charge >= 0.3 is 0 Å². The summed E-state index contributed by atoms with van der Waals surface area (Å²) in [5.74, 6) is 0.0343. The van der Waals surface area contributed by atoms with Crippen LogP contribution in [0.15, 0.2) is 48.7 Å². The van der Waals surface area contributed by atoms with Gasteiger partial charge in [0.15, 0.2) is 0 Å². The first kappa shape index (κ1) is 17.2. The summed E-state index contributed by atoms with van der Waals surface area (Å²) in [4.78, 5) is 20.0. The number of pyridine rings is 1. The lowest BCUT2D eigenvalue weighted by molar-refractivity contribution is 0.0682. The van der Waals surface area contributed by atoms with Crippen LogP contribution in [0.2, 0.25) is 0 Å². The summed E-state index contributed by atoms with van der Waals surface area (Å²) in [6.07, 6.45) is 2.68. The minimum atomic E-state index is 0.0343. The van der Waals surface area contributed by atoms with Crippen LogP contribution in [-0.4, -0.2) is 26.2 Å². The molecule has 0 unspecified atom stereocenters. The highest BCUT2D eigenvalue weighted by Crippen LogP contribution is 2.20. The summed E-state index contributed by atoms with van der Waals surface area (Å²) < 4.78 is 1.93. The SMILES string of the molecule is CCc1nc2cc(C)ccn2c1C(=O)N(Cc1ccccc1)C(C)C. The Morgan fingerprint density at radius 3 is 2.56 bits per heavy atom. The predicted octanol–water partition coefficient (Wildman–Crippen LogP) is 4.26. The molecule has 0 bridgehead atoms. The molecular weight excluding hydrogens is 310 g/mol. The van der Waals surface area contributed by atoms with E-state index in [1.165, 1.54) is 0 Å². The van der Waals surface area contributed by atoms with E-state index in [1.807, 2.05) is 59.7 Å². The highest BCUT2D eigenvalue weighted by molar-refractivity contribution is 5.95. The van der Waals surface area contributed by atoms with Crippen LogP contribution >= 0.6 is 0 Å². The third kappa shape index (κ3) is 3.43. The predicted molar refractivity (Wildman–Crippen MR) is 101 cm³/mol. The van der Waals surface area contributed by atoms with Gasteiger partial charge < -0.3 is 4.90 Å². The summed E-state index contributed by atoms with van der Waals surface area (Å²) in [6.45, 7) is 8.79. The third-order valence-corrected chi connectivity index (χ3v) is 4.47. The van der Waals surface area contributed by atoms with Crippen molar-refractivity contribution >= 4 is 11.6 Å². The molecule has 0 radical (unpaired) electrons. The van der Waals surface area contributed by atoms with Gasteiger partial charge in [0.2, 0.25) is 0 Å². The van der Waals surface area contributed by atoms with Gasteiger partial charge in [-0.15, -0.1) is 0 Å². The van der Waals surface area contributed by atoms with Gasteiger partial charge in [0, 0.05) is 18.8 Å². The smallest absolute Gasteiger partial charge is 0.273 e. The van der Waals surface area contributed by atoms with Gasteiger partial charge in [-0.3, -0.25) is 9.20 Å². The van der Waals surface area contributed by atoms with Crippen LogP contribution in [0, 0.1) is 6.92 Å². The summed E-state index contributed by atoms with van der Waals surface area (Å²) in [5.41, 5.74) is 4.65. The summed E-state index contributed by atoms with van der Waals surface area (Å²) >= 11 is 0. The Hall–Kier alpha value is -2.62. The van der Waals surface area contributed by atoms with Crippen LogP contribution in [0.5, 0.6) is 0 Å². The van der Waals surface area contributed by atoms with E-state index in [0.717, 1.165) is 28.9 Å². The zero-order chi connectivity index (χ0) is 18.0. The van der Waals surface area contributed by atoms with Crippen molar-refractivity contribution in [1.82, 2.24) is 14.3 Å². The Kier molecular flexibility index (Phi) is 4.88. The Morgan fingerprint density at radius 1 is 1.20 bits per heavy atom. The Morgan fingerprint density at radius 2 is 1.92 bits per heavy atom. The maximum absolute atomic E-state index is 13.4. The maximum Gasteiger partial charge on any atom is 0.273 e. The minimum Gasteiger partial charge on any atom is -0.331 e. The lowest BCUT2D eigenvalue weighted by Gasteiger charge is -2.27. The van der Waals surface area contributed by atoms with Gasteiger partial charge in [-0.05, 0) is 50.5 Å². The van der Waals surface area contributed by atoms with Gasteiger partial charge in [0.05, 0.1) is 5.69 Å². The molecule has 3 rings (SSSR count). The molecule has 0 saturated heterocycles. The normalized spacial score (nSPS) is 11.2. The van der Waals surface area contributed by atoms with E-state index in [0.29, 0.717) is 12.2 Å². The molecule has 0 N–H and O–H groups in total. The average Bonchev–Trinajstić information content (AvgIpc) is 2.97. The van der Waals surface area contributed by atoms with Crippen molar-refractivity contribution in [2.45, 2.75) is 46.7 Å². The second-order valence-electron chi connectivity index (χ2n) is 6.71. The Balaban J connectivity index is 2.04. The maximum atomic E-state index is 13.4. The van der Waals surface area contributed by atoms with E-state index in [-0.39, 0.29) is 11.9 Å². The minimum absolute atomic E-state index is 0.0343. The number of carbonyl (C=O) groups excluding carboxylic acids is 1. The summed E-state index contributed by atoms with van der Waals surface area (Å²) in [7, 11) is 0. The van der Waals surface area contributed by atoms with Crippen molar-refractivity contribution in [3.8, 4) is 0 Å². The second-order valence-corrected chi connectivity index (χ2v) is 6.71. The van der Waals surface area contributed by atoms with Crippen molar-refractivity contribution in [1.29, 1.82) is 0 Å². The summed E-state index contributed by atoms with van der Waals surface area (Å²) in [5, 5.41) is 0. The zero-order valence-electron chi connectivity index (χ0n) is 15.4. The highest BCUT2D eigenvalue weighted by atomic mass is 16.2. The number of hydrogen-bond donors (Lipinski definition) is 0. The zero-order valence-corrected chi connectivity index (χ0v) is 15.4. The molecule has 0 atom stereocenters. The van der Waals surface area contributed by atoms with Crippen molar-refractivity contribution in [3.05, 3.63) is 71.2 Å². The van der Waals surface area contributed by atoms with Crippen LogP contribution in [0.25, 0.3) is 5.65 Å². The van der Waals surface area contributed by atoms with Gasteiger partial charge in [-0.2, -0.15) is 0 Å². The van der Waals surface area contributed by atoms with Crippen molar-refractivity contribution in [2.24, 2.45) is 0 Å². The molecule has 0 fully saturated rings. The number of imidazole rings is 1. The van der Waals surface area contributed by atoms with Crippen molar-refractivity contribution in [2.75, 3.05) is 0 Å². The molecule has 0 spiro atoms. The molecule has 1 aromatic carbocycles. The fraction of sp³-hybridized carbons (Fsp3) is 0.333. The molecule has 2 aromatic heterocycles. The quantitative estimate of drug-likeness (QED) is 0.699. The number of aromatic nitrogens is 2. The monoisotopic (exact) mass is 335 g/mol. The molecule has 4 heteroatoms. The van der Waals surface area contributed by atoms with E-state index < -0.39 is 0 Å². The first-order chi connectivity index (χ1) is 12.0. The standard InChI is InChI=1S/C21H25N3O/c1-5-18-20(23-12-11-16(4)13-19(23)22-18)21(25)24(15(2)3)14-17-9-7-6-8-10-17/h6-13,15H,5,14H2,1-4H3. The van der Waals surface area contributed by atoms with Crippen LogP contribution in [-0.2, 0) is 13.0 Å². The lowest BCUT2D eigenvalue weighted by atomic mass is 10.1. The number of benzene rings is 1. The molecule has 2 heterocycles. The van der Waals surface area contributed by atoms with E-state index in [4.69, 9.17) is 0 Å². The molecular formula is C21H25N3O. The van der Waals surface area contributed by atoms with Gasteiger partial charge in [0.1, 0.15) is 11.3 Å². The fourth-order valence-corrected chi connectivity index (χ4v) is 3.07. The first-order valence-electron chi connectivity index (χ1n) is 8.83. The number of nitrogens with zero attached hydrogens (tertiary/aromatic N) is 3. The van der Waals surface area contributed by atoms with Crippen LogP contribution in [0.4, 0.5) is 0 Å². The average molecular weight is 335 g/mol. The van der Waals surface area contributed by atoms with Crippen LogP contribution in [0.3, 0.4) is 0 Å². The molecule has 0 saturated carbocycles. The molecule has 3 aromatic rings. The molecule has 1 amide bonds. The Bertz CT molecular complexity index is 881. The number of fused-ring (bicyclic) bond motifs is 1. The highest BCUT2D eigenvalue weighted by Gasteiger charge is 2.25. The van der Waals surface area contributed by atoms with Crippen molar-refractivity contribution < 1.29 is 4.79 Å². The first-order valence-corrected chi connectivity index (χ1v) is 8.83. The molecule has 0 aliphatic heterocycles. The van der Waals surface area contributed by atoms with E-state index in [1.54, 1.807) is 0 Å². The lowest BCUT2D eigenvalue weighted by Crippen LogP contribution is -2.37. The van der Waals surface area contributed by atoms with E-state index in [2.05, 4.69) is 31.0 Å². The van der Waals surface area contributed by atoms with Crippen LogP contribution in [0.1, 0.15) is 48.1 Å². The largest absolute Gasteiger partial charge is 0.331 e. The van der Waals surface area contributed by atoms with Crippen molar-refractivity contribution in [3.63, 3.8) is 0 Å². The molecule has 130 valence electrons. The van der Waals surface area contributed by atoms with Crippen LogP contribution < -0.4 is 0 Å². The molecule has 0 aliphatic rings. The molecule has 25 heavy (non-hydrogen) atoms. The topological polar surface area (TPSA) is 37.6 Å². The van der Waals surface area contributed by atoms with E-state index >= 15 is 0 Å². The Labute approximate surface area is 149 Å². The number of amides is 1. The second kappa shape index (κ2) is 7.09. The fourth-order valence-electron chi connectivity index (χ4n) is 3.07. The summed E-state index contributed by atoms with van der Waals surface area (Å²) in [6, 6.07) is 14.3. The van der Waals surface area contributed by atoms with Gasteiger partial charge in [-0.25, -0.2) is 4.98 Å². The number of carbonyl (C=O) groups is 1. The van der Waals surface area contributed by atoms with E-state index in [9.17, 15) is 4.79 Å². The number of rotatable bonds is 5. The third-order valence-electron chi connectivity index (χ3n) is 4.47. The number of hydrogen-bond acceptors (Lipinski definition) is 2.